The molecule has 0 aliphatic carbocycles. The predicted molar refractivity (Wildman–Crippen MR) is 255 cm³/mol. The van der Waals surface area contributed by atoms with Crippen LogP contribution in [0.2, 0.25) is 0 Å². The molecule has 0 aliphatic rings. The Hall–Kier alpha value is -6.06. The van der Waals surface area contributed by atoms with Crippen molar-refractivity contribution < 1.29 is 9.05 Å². The van der Waals surface area contributed by atoms with Crippen LogP contribution in [0.3, 0.4) is 0 Å². The molecule has 1 unspecified atom stereocenters. The van der Waals surface area contributed by atoms with Crippen molar-refractivity contribution in [2.24, 2.45) is 0 Å². The van der Waals surface area contributed by atoms with Gasteiger partial charge in [0, 0.05) is 56.8 Å². The fourth-order valence-electron chi connectivity index (χ4n) is 8.81. The first-order chi connectivity index (χ1) is 29.1. The van der Waals surface area contributed by atoms with Crippen molar-refractivity contribution in [1.29, 1.82) is 0 Å². The number of rotatable bonds is 9. The number of nitrogens with one attached hydrogen (secondary N) is 1. The van der Waals surface area contributed by atoms with E-state index in [2.05, 4.69) is 213 Å². The molecule has 0 saturated heterocycles. The van der Waals surface area contributed by atoms with Crippen molar-refractivity contribution in [2.45, 2.75) is 55.4 Å². The number of H-pyrrole nitrogens is 1. The fraction of sp³-hybridized carbons (Fsp3) is 0.154. The summed E-state index contributed by atoms with van der Waals surface area (Å²) in [6.45, 7) is 17.6. The molecule has 4 aromatic heterocycles. The van der Waals surface area contributed by atoms with Crippen LogP contribution in [0.5, 0.6) is 11.5 Å². The summed E-state index contributed by atoms with van der Waals surface area (Å²) in [4.78, 5) is 3.82. The lowest BCUT2D eigenvalue weighted by atomic mass is 9.90. The van der Waals surface area contributed by atoms with Crippen molar-refractivity contribution in [3.63, 3.8) is 0 Å². The molecule has 10 aromatic rings. The molecule has 0 aliphatic heterocycles. The summed E-state index contributed by atoms with van der Waals surface area (Å²) in [7, 11) is -2.91. The largest absolute Gasteiger partial charge is 0.447 e. The SMILES string of the molecule is Cc1ccc(OP(c2[nH]c3ccccc3c2C)n2cc(C)c3ccccc32)c(-c2c(OP(n3cc(C)c4ccccc43)n3cc(C)c4ccccc43)ccc(C)c2C)c1C. The molecule has 0 radical (unpaired) electrons. The van der Waals surface area contributed by atoms with E-state index in [0.29, 0.717) is 0 Å². The lowest BCUT2D eigenvalue weighted by molar-refractivity contribution is 0.593. The molecule has 60 heavy (non-hydrogen) atoms. The average molecular weight is 823 g/mol. The average Bonchev–Trinajstić information content (AvgIpc) is 3.99. The Balaban J connectivity index is 1.19. The standard InChI is InChI=1S/C52H48N4O2P2/c1-32-25-27-48(57-59(52-39(8)43-20-9-13-21-44(43)53-52)54-29-34(3)40-17-10-14-22-45(40)54)50(37(32)6)51-38(7)33(2)26-28-49(51)58-60(55-30-35(4)41-18-11-15-23-46(41)55)56-31-36(5)42-19-12-16-24-47(42)56/h9-31,53H,1-8H3. The highest BCUT2D eigenvalue weighted by atomic mass is 31.2. The lowest BCUT2D eigenvalue weighted by Gasteiger charge is -2.27. The molecule has 0 amide bonds. The van der Waals surface area contributed by atoms with E-state index >= 15 is 0 Å². The van der Waals surface area contributed by atoms with Crippen LogP contribution < -0.4 is 14.5 Å². The van der Waals surface area contributed by atoms with Crippen LogP contribution >= 0.6 is 16.7 Å². The first kappa shape index (κ1) is 38.2. The van der Waals surface area contributed by atoms with Gasteiger partial charge in [0.05, 0.1) is 16.6 Å². The Kier molecular flexibility index (Phi) is 9.47. The summed E-state index contributed by atoms with van der Waals surface area (Å²) in [6, 6.07) is 43.2. The lowest BCUT2D eigenvalue weighted by Crippen LogP contribution is -2.15. The van der Waals surface area contributed by atoms with Gasteiger partial charge in [-0.15, -0.1) is 0 Å². The second-order valence-corrected chi connectivity index (χ2v) is 19.3. The number of nitrogens with zero attached hydrogens (tertiary/aromatic N) is 3. The zero-order chi connectivity index (χ0) is 41.4. The van der Waals surface area contributed by atoms with Crippen LogP contribution in [0.25, 0.3) is 54.7 Å². The van der Waals surface area contributed by atoms with Gasteiger partial charge in [-0.1, -0.05) is 84.9 Å². The number of aromatic nitrogens is 4. The van der Waals surface area contributed by atoms with E-state index in [9.17, 15) is 0 Å². The molecule has 6 aromatic carbocycles. The van der Waals surface area contributed by atoms with Crippen molar-refractivity contribution in [1.82, 2.24) is 18.0 Å². The van der Waals surface area contributed by atoms with Crippen LogP contribution in [0, 0.1) is 55.4 Å². The highest BCUT2D eigenvalue weighted by Crippen LogP contribution is 2.54. The second kappa shape index (κ2) is 14.9. The monoisotopic (exact) mass is 822 g/mol. The Labute approximate surface area is 353 Å². The summed E-state index contributed by atoms with van der Waals surface area (Å²) >= 11 is 0. The van der Waals surface area contributed by atoms with Gasteiger partial charge in [0.2, 0.25) is 8.30 Å². The maximum Gasteiger partial charge on any atom is 0.318 e. The molecule has 10 rings (SSSR count). The minimum absolute atomic E-state index is 0.821. The topological polar surface area (TPSA) is 49.0 Å². The first-order valence-electron chi connectivity index (χ1n) is 20.5. The highest BCUT2D eigenvalue weighted by Gasteiger charge is 2.30. The van der Waals surface area contributed by atoms with Crippen LogP contribution in [-0.2, 0) is 0 Å². The van der Waals surface area contributed by atoms with E-state index < -0.39 is 16.7 Å². The van der Waals surface area contributed by atoms with E-state index in [1.807, 2.05) is 0 Å². The van der Waals surface area contributed by atoms with Crippen molar-refractivity contribution in [3.8, 4) is 22.6 Å². The molecule has 6 nitrogen and oxygen atoms in total. The van der Waals surface area contributed by atoms with Gasteiger partial charge in [-0.25, -0.2) is 0 Å². The number of hydrogen-bond donors (Lipinski definition) is 1. The Morgan fingerprint density at radius 3 is 1.32 bits per heavy atom. The van der Waals surface area contributed by atoms with Gasteiger partial charge in [0.15, 0.2) is 0 Å². The van der Waals surface area contributed by atoms with E-state index in [-0.39, 0.29) is 0 Å². The summed E-state index contributed by atoms with van der Waals surface area (Å²) in [5.74, 6) is 1.65. The maximum atomic E-state index is 7.62. The van der Waals surface area contributed by atoms with Gasteiger partial charge < -0.3 is 14.0 Å². The summed E-state index contributed by atoms with van der Waals surface area (Å²) < 4.78 is 22.3. The molecule has 0 saturated carbocycles. The minimum Gasteiger partial charge on any atom is -0.447 e. The normalized spacial score (nSPS) is 12.4. The highest BCUT2D eigenvalue weighted by molar-refractivity contribution is 7.59. The molecule has 8 heteroatoms. The number of aromatic amines is 1. The molecule has 1 N–H and O–H groups in total. The number of fused-ring (bicyclic) bond motifs is 4. The molecule has 1 atom stereocenters. The van der Waals surface area contributed by atoms with E-state index in [1.54, 1.807) is 0 Å². The third kappa shape index (κ3) is 6.16. The molecule has 298 valence electrons. The molecule has 0 fully saturated rings. The smallest absolute Gasteiger partial charge is 0.318 e. The van der Waals surface area contributed by atoms with Crippen molar-refractivity contribution in [2.75, 3.05) is 0 Å². The van der Waals surface area contributed by atoms with E-state index in [4.69, 9.17) is 9.05 Å². The Morgan fingerprint density at radius 1 is 0.400 bits per heavy atom. The van der Waals surface area contributed by atoms with Crippen LogP contribution in [0.15, 0.2) is 140 Å². The van der Waals surface area contributed by atoms with Gasteiger partial charge in [-0.3, -0.25) is 13.0 Å². The van der Waals surface area contributed by atoms with Gasteiger partial charge in [0.25, 0.3) is 0 Å². The number of hydrogen-bond acceptors (Lipinski definition) is 2. The molecule has 0 spiro atoms. The van der Waals surface area contributed by atoms with Gasteiger partial charge in [0.1, 0.15) is 16.9 Å². The number of para-hydroxylation sites is 4. The Bertz CT molecular complexity index is 3210. The molecule has 0 bridgehead atoms. The molecular weight excluding hydrogens is 775 g/mol. The van der Waals surface area contributed by atoms with E-state index in [0.717, 1.165) is 61.3 Å². The second-order valence-electron chi connectivity index (χ2n) is 16.1. The van der Waals surface area contributed by atoms with Gasteiger partial charge in [-0.2, -0.15) is 0 Å². The van der Waals surface area contributed by atoms with Crippen molar-refractivity contribution in [3.05, 3.63) is 184 Å². The summed E-state index contributed by atoms with van der Waals surface area (Å²) in [5, 5.41) is 4.87. The third-order valence-corrected chi connectivity index (χ3v) is 16.1. The molecule has 4 heterocycles. The van der Waals surface area contributed by atoms with Crippen LogP contribution in [0.4, 0.5) is 0 Å². The number of aryl methyl sites for hydroxylation is 6. The number of benzene rings is 6. The van der Waals surface area contributed by atoms with Gasteiger partial charge >= 0.3 is 8.45 Å². The fourth-order valence-corrected chi connectivity index (χ4v) is 12.8. The Morgan fingerprint density at radius 2 is 0.817 bits per heavy atom. The van der Waals surface area contributed by atoms with Crippen molar-refractivity contribution >= 4 is 65.8 Å². The van der Waals surface area contributed by atoms with Crippen LogP contribution in [0.1, 0.15) is 44.5 Å². The third-order valence-electron chi connectivity index (χ3n) is 12.4. The zero-order valence-electron chi connectivity index (χ0n) is 35.3. The first-order valence-corrected chi connectivity index (χ1v) is 22.9. The van der Waals surface area contributed by atoms with Crippen LogP contribution in [-0.4, -0.2) is 18.0 Å². The predicted octanol–water partition coefficient (Wildman–Crippen LogP) is 14.4. The minimum atomic E-state index is -1.48. The zero-order valence-corrected chi connectivity index (χ0v) is 37.1. The summed E-state index contributed by atoms with van der Waals surface area (Å²) in [6.07, 6.45) is 6.77. The van der Waals surface area contributed by atoms with E-state index in [1.165, 1.54) is 54.9 Å². The summed E-state index contributed by atoms with van der Waals surface area (Å²) in [5.41, 5.74) is 17.3. The molecular formula is C52H48N4O2P2. The maximum absolute atomic E-state index is 7.62. The van der Waals surface area contributed by atoms with Gasteiger partial charge in [-0.05, 0) is 136 Å². The quantitative estimate of drug-likeness (QED) is 0.147.